The molecule has 1 atom stereocenters. The molecule has 3 heterocycles. The Morgan fingerprint density at radius 2 is 2.12 bits per heavy atom. The van der Waals surface area contributed by atoms with E-state index >= 15 is 0 Å². The van der Waals surface area contributed by atoms with E-state index in [1.54, 1.807) is 24.7 Å². The number of aryl methyl sites for hydroxylation is 1. The molecule has 0 aromatic carbocycles. The number of pyridine rings is 1. The number of aromatic amines is 1. The second kappa shape index (κ2) is 7.03. The van der Waals surface area contributed by atoms with Gasteiger partial charge in [0.05, 0.1) is 5.52 Å². The minimum absolute atomic E-state index is 0.0355. The van der Waals surface area contributed by atoms with Crippen LogP contribution in [0.1, 0.15) is 35.9 Å². The Balaban J connectivity index is 1.49. The van der Waals surface area contributed by atoms with Crippen molar-refractivity contribution in [2.24, 2.45) is 0 Å². The van der Waals surface area contributed by atoms with Gasteiger partial charge in [-0.25, -0.2) is 19.9 Å². The molecule has 0 aliphatic rings. The van der Waals surface area contributed by atoms with Gasteiger partial charge in [0.15, 0.2) is 11.5 Å². The number of carbonyl (C=O) groups excluding carboxylic acids is 1. The van der Waals surface area contributed by atoms with Crippen molar-refractivity contribution in [1.82, 2.24) is 30.2 Å². The summed E-state index contributed by atoms with van der Waals surface area (Å²) in [5.41, 5.74) is 7.78. The lowest BCUT2D eigenvalue weighted by Crippen LogP contribution is -2.33. The van der Waals surface area contributed by atoms with Crippen LogP contribution in [0.25, 0.3) is 11.2 Å². The smallest absolute Gasteiger partial charge is 0.287 e. The van der Waals surface area contributed by atoms with Gasteiger partial charge >= 0.3 is 0 Å². The zero-order chi connectivity index (χ0) is 16.9. The molecule has 124 valence electrons. The van der Waals surface area contributed by atoms with Gasteiger partial charge < -0.3 is 16.0 Å². The van der Waals surface area contributed by atoms with E-state index in [1.807, 2.05) is 13.0 Å². The van der Waals surface area contributed by atoms with E-state index in [2.05, 4.69) is 30.2 Å². The summed E-state index contributed by atoms with van der Waals surface area (Å²) in [4.78, 5) is 31.4. The number of hydrogen-bond donors (Lipinski definition) is 3. The summed E-state index contributed by atoms with van der Waals surface area (Å²) in [6.07, 6.45) is 7.70. The van der Waals surface area contributed by atoms with E-state index < -0.39 is 0 Å². The van der Waals surface area contributed by atoms with Crippen LogP contribution in [0, 0.1) is 0 Å². The summed E-state index contributed by atoms with van der Waals surface area (Å²) in [6, 6.07) is 3.67. The van der Waals surface area contributed by atoms with Crippen LogP contribution in [0.5, 0.6) is 0 Å². The molecule has 0 saturated heterocycles. The van der Waals surface area contributed by atoms with E-state index in [0.717, 1.165) is 30.3 Å². The Kier molecular flexibility index (Phi) is 4.64. The standard InChI is InChI=1S/C16H19N7O/c1-10(4-2-5-11-8-19-16(17)20-9-11)21-15(24)14-22-12-6-3-7-18-13(12)23-14/h3,6-10H,2,4-5H2,1H3,(H,21,24)(H2,17,19,20)(H,18,22,23)/t10-/m0/s1. The van der Waals surface area contributed by atoms with E-state index in [-0.39, 0.29) is 23.7 Å². The Morgan fingerprint density at radius 3 is 2.88 bits per heavy atom. The fourth-order valence-electron chi connectivity index (χ4n) is 2.42. The lowest BCUT2D eigenvalue weighted by Gasteiger charge is -2.12. The van der Waals surface area contributed by atoms with Crippen LogP contribution < -0.4 is 11.1 Å². The van der Waals surface area contributed by atoms with Gasteiger partial charge in [0.25, 0.3) is 5.91 Å². The van der Waals surface area contributed by atoms with Crippen LogP contribution in [0.4, 0.5) is 5.95 Å². The van der Waals surface area contributed by atoms with Crippen LogP contribution in [-0.4, -0.2) is 36.9 Å². The second-order valence-electron chi connectivity index (χ2n) is 5.68. The van der Waals surface area contributed by atoms with Gasteiger partial charge in [-0.1, -0.05) is 0 Å². The van der Waals surface area contributed by atoms with Crippen molar-refractivity contribution >= 4 is 23.0 Å². The van der Waals surface area contributed by atoms with Crippen LogP contribution in [-0.2, 0) is 6.42 Å². The predicted octanol–water partition coefficient (Wildman–Crippen LogP) is 1.47. The predicted molar refractivity (Wildman–Crippen MR) is 90.2 cm³/mol. The maximum Gasteiger partial charge on any atom is 0.287 e. The molecule has 0 bridgehead atoms. The number of nitrogens with zero attached hydrogens (tertiary/aromatic N) is 4. The second-order valence-corrected chi connectivity index (χ2v) is 5.68. The molecule has 3 rings (SSSR count). The number of anilines is 1. The monoisotopic (exact) mass is 325 g/mol. The molecule has 8 nitrogen and oxygen atoms in total. The molecule has 0 fully saturated rings. The van der Waals surface area contributed by atoms with Gasteiger partial charge in [-0.15, -0.1) is 0 Å². The fourth-order valence-corrected chi connectivity index (χ4v) is 2.42. The third kappa shape index (κ3) is 3.83. The van der Waals surface area contributed by atoms with Crippen LogP contribution in [0.15, 0.2) is 30.7 Å². The number of aromatic nitrogens is 5. The first-order valence-electron chi connectivity index (χ1n) is 7.80. The van der Waals surface area contributed by atoms with Crippen molar-refractivity contribution in [3.8, 4) is 0 Å². The molecule has 0 aliphatic carbocycles. The van der Waals surface area contributed by atoms with Gasteiger partial charge in [-0.2, -0.15) is 0 Å². The summed E-state index contributed by atoms with van der Waals surface area (Å²) in [5.74, 6) is 0.332. The maximum absolute atomic E-state index is 12.2. The Bertz CT molecular complexity index is 795. The van der Waals surface area contributed by atoms with Crippen molar-refractivity contribution in [2.45, 2.75) is 32.2 Å². The van der Waals surface area contributed by atoms with E-state index in [9.17, 15) is 4.79 Å². The largest absolute Gasteiger partial charge is 0.368 e. The van der Waals surface area contributed by atoms with Crippen LogP contribution in [0.2, 0.25) is 0 Å². The summed E-state index contributed by atoms with van der Waals surface area (Å²) >= 11 is 0. The van der Waals surface area contributed by atoms with Crippen molar-refractivity contribution in [1.29, 1.82) is 0 Å². The summed E-state index contributed by atoms with van der Waals surface area (Å²) < 4.78 is 0. The van der Waals surface area contributed by atoms with Crippen molar-refractivity contribution in [3.63, 3.8) is 0 Å². The highest BCUT2D eigenvalue weighted by Crippen LogP contribution is 2.09. The Labute approximate surface area is 138 Å². The van der Waals surface area contributed by atoms with Gasteiger partial charge in [0, 0.05) is 24.6 Å². The molecule has 3 aromatic heterocycles. The van der Waals surface area contributed by atoms with Crippen LogP contribution in [0.3, 0.4) is 0 Å². The topological polar surface area (TPSA) is 122 Å². The average Bonchev–Trinajstić information content (AvgIpc) is 3.01. The van der Waals surface area contributed by atoms with Crippen LogP contribution >= 0.6 is 0 Å². The minimum Gasteiger partial charge on any atom is -0.368 e. The number of fused-ring (bicyclic) bond motifs is 1. The first kappa shape index (κ1) is 15.9. The zero-order valence-corrected chi connectivity index (χ0v) is 13.4. The molecule has 8 heteroatoms. The molecule has 24 heavy (non-hydrogen) atoms. The number of imidazole rings is 1. The lowest BCUT2D eigenvalue weighted by molar-refractivity contribution is 0.0929. The maximum atomic E-state index is 12.2. The van der Waals surface area contributed by atoms with Gasteiger partial charge in [-0.05, 0) is 43.9 Å². The first-order valence-corrected chi connectivity index (χ1v) is 7.80. The first-order chi connectivity index (χ1) is 11.6. The SMILES string of the molecule is C[C@@H](CCCc1cnc(N)nc1)NC(=O)c1nc2ncccc2[nH]1. The number of H-pyrrole nitrogens is 1. The molecule has 1 amide bonds. The van der Waals surface area contributed by atoms with Crippen molar-refractivity contribution < 1.29 is 4.79 Å². The Morgan fingerprint density at radius 1 is 1.33 bits per heavy atom. The number of nitrogens with one attached hydrogen (secondary N) is 2. The highest BCUT2D eigenvalue weighted by molar-refractivity contribution is 5.93. The average molecular weight is 325 g/mol. The summed E-state index contributed by atoms with van der Waals surface area (Å²) in [7, 11) is 0. The minimum atomic E-state index is -0.226. The summed E-state index contributed by atoms with van der Waals surface area (Å²) in [5, 5.41) is 2.94. The number of nitrogens with two attached hydrogens (primary N) is 1. The highest BCUT2D eigenvalue weighted by Gasteiger charge is 2.14. The number of carbonyl (C=O) groups is 1. The summed E-state index contributed by atoms with van der Waals surface area (Å²) in [6.45, 7) is 1.97. The molecule has 0 aliphatic heterocycles. The van der Waals surface area contributed by atoms with Gasteiger partial charge in [0.2, 0.25) is 5.95 Å². The molecule has 0 saturated carbocycles. The zero-order valence-electron chi connectivity index (χ0n) is 13.4. The highest BCUT2D eigenvalue weighted by atomic mass is 16.2. The van der Waals surface area contributed by atoms with Gasteiger partial charge in [0.1, 0.15) is 0 Å². The Hall–Kier alpha value is -3.03. The number of amides is 1. The van der Waals surface area contributed by atoms with Crippen molar-refractivity contribution in [3.05, 3.63) is 42.1 Å². The molecule has 3 aromatic rings. The number of nitrogen functional groups attached to an aromatic ring is 1. The van der Waals surface area contributed by atoms with Gasteiger partial charge in [-0.3, -0.25) is 4.79 Å². The lowest BCUT2D eigenvalue weighted by atomic mass is 10.1. The van der Waals surface area contributed by atoms with E-state index in [0.29, 0.717) is 5.65 Å². The third-order valence-electron chi connectivity index (χ3n) is 3.68. The van der Waals surface area contributed by atoms with Crippen molar-refractivity contribution in [2.75, 3.05) is 5.73 Å². The molecular formula is C16H19N7O. The molecular weight excluding hydrogens is 306 g/mol. The molecule has 0 spiro atoms. The molecule has 4 N–H and O–H groups in total. The quantitative estimate of drug-likeness (QED) is 0.631. The number of rotatable bonds is 6. The fraction of sp³-hybridized carbons (Fsp3) is 0.312. The molecule has 0 unspecified atom stereocenters. The third-order valence-corrected chi connectivity index (χ3v) is 3.68. The van der Waals surface area contributed by atoms with E-state index in [4.69, 9.17) is 5.73 Å². The molecule has 0 radical (unpaired) electrons. The number of hydrogen-bond acceptors (Lipinski definition) is 6. The van der Waals surface area contributed by atoms with E-state index in [1.165, 1.54) is 0 Å². The normalized spacial score (nSPS) is 12.2.